The Morgan fingerprint density at radius 3 is 1.70 bits per heavy atom. The molecule has 17 heteroatoms. The Morgan fingerprint density at radius 2 is 1.30 bits per heavy atom. The third-order valence-corrected chi connectivity index (χ3v) is 5.32. The highest BCUT2D eigenvalue weighted by Gasteiger charge is 2.41. The van der Waals surface area contributed by atoms with Gasteiger partial charge in [-0.25, -0.2) is 4.21 Å². The van der Waals surface area contributed by atoms with Crippen LogP contribution in [0.3, 0.4) is 0 Å². The lowest BCUT2D eigenvalue weighted by Gasteiger charge is -2.07. The van der Waals surface area contributed by atoms with Gasteiger partial charge in [-0.3, -0.25) is 20.2 Å². The van der Waals surface area contributed by atoms with E-state index >= 15 is 0 Å². The van der Waals surface area contributed by atoms with Gasteiger partial charge in [0.2, 0.25) is 0 Å². The number of nitro benzene ring substituents is 2. The summed E-state index contributed by atoms with van der Waals surface area (Å²) < 4.78 is 93.2. The summed E-state index contributed by atoms with van der Waals surface area (Å²) in [5.41, 5.74) is -11.1. The molecule has 0 aliphatic rings. The maximum atomic E-state index is 12.2. The van der Waals surface area contributed by atoms with E-state index in [1.807, 2.05) is 0 Å². The van der Waals surface area contributed by atoms with Gasteiger partial charge in [0.05, 0.1) is 41.1 Å². The molecule has 0 aliphatic carbocycles. The molecule has 0 bridgehead atoms. The fourth-order valence-electron chi connectivity index (χ4n) is 2.03. The van der Waals surface area contributed by atoms with Crippen LogP contribution in [0.1, 0.15) is 0 Å². The van der Waals surface area contributed by atoms with Crippen LogP contribution >= 0.6 is 11.8 Å². The summed E-state index contributed by atoms with van der Waals surface area (Å²) in [4.78, 5) is 17.8. The lowest BCUT2D eigenvalue weighted by atomic mass is 10.3. The van der Waals surface area contributed by atoms with Crippen LogP contribution < -0.4 is 9.47 Å². The van der Waals surface area contributed by atoms with Crippen molar-refractivity contribution in [2.24, 2.45) is 0 Å². The number of methoxy groups -OCH3 is 2. The normalized spacial score (nSPS) is 12.2. The van der Waals surface area contributed by atoms with E-state index in [2.05, 4.69) is 4.74 Å². The van der Waals surface area contributed by atoms with Crippen molar-refractivity contribution in [3.05, 3.63) is 56.6 Å². The van der Waals surface area contributed by atoms with E-state index in [9.17, 15) is 50.8 Å². The van der Waals surface area contributed by atoms with Crippen molar-refractivity contribution in [3.63, 3.8) is 0 Å². The Hall–Kier alpha value is -3.08. The third kappa shape index (κ3) is 8.41. The van der Waals surface area contributed by atoms with Crippen molar-refractivity contribution in [1.82, 2.24) is 0 Å². The Morgan fingerprint density at radius 1 is 0.848 bits per heavy atom. The van der Waals surface area contributed by atoms with Gasteiger partial charge >= 0.3 is 11.0 Å². The molecule has 2 rings (SSSR count). The number of halogens is 6. The summed E-state index contributed by atoms with van der Waals surface area (Å²) in [5, 5.41) is 21.1. The molecule has 0 aliphatic heterocycles. The number of nitro groups is 2. The van der Waals surface area contributed by atoms with Gasteiger partial charge in [0, 0.05) is 0 Å². The van der Waals surface area contributed by atoms with E-state index in [1.54, 1.807) is 0 Å². The zero-order valence-electron chi connectivity index (χ0n) is 16.3. The van der Waals surface area contributed by atoms with Gasteiger partial charge in [0.25, 0.3) is 11.4 Å². The average molecular weight is 522 g/mol. The fourth-order valence-corrected chi connectivity index (χ4v) is 3.41. The van der Waals surface area contributed by atoms with Gasteiger partial charge in [-0.1, -0.05) is 0 Å². The molecule has 0 spiro atoms. The largest absolute Gasteiger partial charge is 0.497 e. The van der Waals surface area contributed by atoms with Crippen molar-refractivity contribution in [1.29, 1.82) is 0 Å². The lowest BCUT2D eigenvalue weighted by molar-refractivity contribution is -0.388. The molecule has 0 amide bonds. The van der Waals surface area contributed by atoms with Crippen molar-refractivity contribution < 1.29 is 49.9 Å². The summed E-state index contributed by atoms with van der Waals surface area (Å²) in [6.45, 7) is 0. The summed E-state index contributed by atoms with van der Waals surface area (Å²) >= 11 is -0.522. The van der Waals surface area contributed by atoms with E-state index in [0.29, 0.717) is 0 Å². The lowest BCUT2D eigenvalue weighted by Crippen LogP contribution is -2.17. The molecule has 33 heavy (non-hydrogen) atoms. The van der Waals surface area contributed by atoms with Gasteiger partial charge < -0.3 is 9.47 Å². The number of ether oxygens (including phenoxy) is 2. The van der Waals surface area contributed by atoms with Crippen molar-refractivity contribution in [2.75, 3.05) is 14.2 Å². The van der Waals surface area contributed by atoms with Crippen LogP contribution in [0, 0.1) is 20.2 Å². The van der Waals surface area contributed by atoms with Crippen LogP contribution in [0.4, 0.5) is 37.7 Å². The highest BCUT2D eigenvalue weighted by molar-refractivity contribution is 8.00. The maximum absolute atomic E-state index is 12.2. The van der Waals surface area contributed by atoms with Crippen LogP contribution in [-0.4, -0.2) is 39.3 Å². The molecule has 2 aromatic rings. The van der Waals surface area contributed by atoms with E-state index in [1.165, 1.54) is 20.3 Å². The average Bonchev–Trinajstić information content (AvgIpc) is 2.71. The monoisotopic (exact) mass is 522 g/mol. The minimum absolute atomic E-state index is 0.0135. The smallest absolute Gasteiger partial charge is 0.476 e. The van der Waals surface area contributed by atoms with Gasteiger partial charge in [-0.05, 0) is 36.0 Å². The summed E-state index contributed by atoms with van der Waals surface area (Å²) in [6.07, 6.45) is 0. The van der Waals surface area contributed by atoms with Gasteiger partial charge in [-0.2, -0.15) is 26.3 Å². The molecule has 0 saturated carbocycles. The minimum atomic E-state index is -5.04. The number of rotatable bonds is 6. The second-order valence-electron chi connectivity index (χ2n) is 5.44. The molecule has 0 fully saturated rings. The molecule has 1 atom stereocenters. The van der Waals surface area contributed by atoms with Crippen LogP contribution in [0.2, 0.25) is 0 Å². The zero-order chi connectivity index (χ0) is 25.6. The van der Waals surface area contributed by atoms with E-state index in [0.717, 1.165) is 30.3 Å². The van der Waals surface area contributed by atoms with E-state index < -0.39 is 64.6 Å². The zero-order valence-corrected chi connectivity index (χ0v) is 17.9. The van der Waals surface area contributed by atoms with Crippen LogP contribution in [0.5, 0.6) is 11.5 Å². The van der Waals surface area contributed by atoms with Crippen LogP contribution in [-0.2, 0) is 10.8 Å². The first-order chi connectivity index (χ1) is 15.1. The second kappa shape index (κ2) is 11.2. The van der Waals surface area contributed by atoms with E-state index in [4.69, 9.17) is 4.74 Å². The molecular formula is C16H12F6N2O7S2. The number of benzene rings is 2. The Labute approximate surface area is 187 Å². The number of nitrogens with zero attached hydrogens (tertiary/aromatic N) is 2. The quantitative estimate of drug-likeness (QED) is 0.213. The number of thioether (sulfide) groups is 1. The second-order valence-corrected chi connectivity index (χ2v) is 7.99. The molecule has 0 N–H and O–H groups in total. The fraction of sp³-hybridized carbons (Fsp3) is 0.250. The highest BCUT2D eigenvalue weighted by atomic mass is 32.2. The molecule has 0 radical (unpaired) electrons. The first kappa shape index (κ1) is 28.0. The predicted molar refractivity (Wildman–Crippen MR) is 104 cm³/mol. The molecule has 1 unspecified atom stereocenters. The number of alkyl halides is 6. The number of hydrogen-bond acceptors (Lipinski definition) is 8. The minimum Gasteiger partial charge on any atom is -0.497 e. The number of hydrogen-bond donors (Lipinski definition) is 0. The standard InChI is InChI=1S/C8H6F3NO4S.C8H6F3NO3S/c1-16-5-2-3-7(6(4-5)12(13)14)17(15)8(9,10)11;1-15-5-2-3-7(16-8(9,10)11)6(4-5)12(13)14/h2-4H,1H3;2-4H,1H3. The summed E-state index contributed by atoms with van der Waals surface area (Å²) in [6, 6.07) is 5.83. The van der Waals surface area contributed by atoms with Crippen LogP contribution in [0.25, 0.3) is 0 Å². The SMILES string of the molecule is COc1ccc(S(=O)C(F)(F)F)c([N+](=O)[O-])c1.COc1ccc(SC(F)(F)F)c([N+](=O)[O-])c1. The van der Waals surface area contributed by atoms with Crippen LogP contribution in [0.15, 0.2) is 46.2 Å². The molecular weight excluding hydrogens is 510 g/mol. The van der Waals surface area contributed by atoms with Crippen molar-refractivity contribution in [2.45, 2.75) is 20.8 Å². The molecule has 0 saturated heterocycles. The first-order valence-corrected chi connectivity index (χ1v) is 9.96. The maximum Gasteiger partial charge on any atom is 0.476 e. The molecule has 0 aromatic heterocycles. The third-order valence-electron chi connectivity index (χ3n) is 3.36. The predicted octanol–water partition coefficient (Wildman–Crippen LogP) is 5.45. The molecule has 9 nitrogen and oxygen atoms in total. The Balaban J connectivity index is 0.000000331. The molecule has 0 heterocycles. The molecule has 2 aromatic carbocycles. The molecule has 182 valence electrons. The van der Waals surface area contributed by atoms with E-state index in [-0.39, 0.29) is 11.5 Å². The Kier molecular flexibility index (Phi) is 9.46. The van der Waals surface area contributed by atoms with Gasteiger partial charge in [-0.15, -0.1) is 0 Å². The topological polar surface area (TPSA) is 122 Å². The van der Waals surface area contributed by atoms with Gasteiger partial charge in [0.15, 0.2) is 10.8 Å². The highest BCUT2D eigenvalue weighted by Crippen LogP contribution is 2.42. The van der Waals surface area contributed by atoms with Gasteiger partial charge in [0.1, 0.15) is 16.4 Å². The summed E-state index contributed by atoms with van der Waals surface area (Å²) in [7, 11) is -0.959. The van der Waals surface area contributed by atoms with Crippen molar-refractivity contribution in [3.8, 4) is 11.5 Å². The van der Waals surface area contributed by atoms with Crippen molar-refractivity contribution >= 4 is 33.9 Å². The Bertz CT molecular complexity index is 1050. The first-order valence-electron chi connectivity index (χ1n) is 8.00. The summed E-state index contributed by atoms with van der Waals surface area (Å²) in [5.74, 6) is 0.151.